The summed E-state index contributed by atoms with van der Waals surface area (Å²) in [5.41, 5.74) is 0.805. The van der Waals surface area contributed by atoms with Crippen LogP contribution in [0.5, 0.6) is 5.88 Å². The van der Waals surface area contributed by atoms with Crippen LogP contribution in [0.4, 0.5) is 18.9 Å². The molecule has 0 saturated carbocycles. The monoisotopic (exact) mass is 289 g/mol. The van der Waals surface area contributed by atoms with E-state index in [1.54, 1.807) is 6.07 Å². The molecule has 0 radical (unpaired) electrons. The molecular formula is C13H18F3N3O. The van der Waals surface area contributed by atoms with Gasteiger partial charge in [-0.05, 0) is 39.0 Å². The molecule has 0 aromatic carbocycles. The molecule has 1 N–H and O–H groups in total. The van der Waals surface area contributed by atoms with Gasteiger partial charge in [0.25, 0.3) is 0 Å². The van der Waals surface area contributed by atoms with Crippen LogP contribution in [0.25, 0.3) is 0 Å². The Kier molecular flexibility index (Phi) is 4.69. The van der Waals surface area contributed by atoms with E-state index in [-0.39, 0.29) is 5.88 Å². The molecule has 1 fully saturated rings. The van der Waals surface area contributed by atoms with Gasteiger partial charge in [-0.25, -0.2) is 4.98 Å². The van der Waals surface area contributed by atoms with Gasteiger partial charge in [-0.15, -0.1) is 0 Å². The zero-order valence-corrected chi connectivity index (χ0v) is 11.3. The molecule has 1 aliphatic rings. The maximum atomic E-state index is 12.0. The molecule has 0 bridgehead atoms. The number of rotatable bonds is 4. The molecule has 7 heteroatoms. The van der Waals surface area contributed by atoms with Crippen molar-refractivity contribution in [3.05, 3.63) is 18.3 Å². The molecule has 0 atom stereocenters. The predicted molar refractivity (Wildman–Crippen MR) is 69.9 cm³/mol. The first-order chi connectivity index (χ1) is 9.42. The summed E-state index contributed by atoms with van der Waals surface area (Å²) < 4.78 is 40.5. The van der Waals surface area contributed by atoms with Crippen molar-refractivity contribution in [2.75, 3.05) is 32.1 Å². The van der Waals surface area contributed by atoms with Crippen molar-refractivity contribution in [3.63, 3.8) is 0 Å². The van der Waals surface area contributed by atoms with E-state index < -0.39 is 12.8 Å². The number of alkyl halides is 3. The quantitative estimate of drug-likeness (QED) is 0.924. The van der Waals surface area contributed by atoms with Crippen LogP contribution in [0.2, 0.25) is 0 Å². The lowest BCUT2D eigenvalue weighted by atomic mass is 10.1. The third-order valence-electron chi connectivity index (χ3n) is 3.21. The number of aromatic nitrogens is 1. The minimum absolute atomic E-state index is 0.0174. The van der Waals surface area contributed by atoms with E-state index in [0.717, 1.165) is 31.6 Å². The second kappa shape index (κ2) is 6.30. The summed E-state index contributed by atoms with van der Waals surface area (Å²) in [5, 5.41) is 3.33. The van der Waals surface area contributed by atoms with Gasteiger partial charge in [-0.2, -0.15) is 13.2 Å². The molecule has 4 nitrogen and oxygen atoms in total. The Balaban J connectivity index is 1.82. The molecule has 0 unspecified atom stereocenters. The van der Waals surface area contributed by atoms with Gasteiger partial charge in [0.15, 0.2) is 6.61 Å². The highest BCUT2D eigenvalue weighted by Gasteiger charge is 2.28. The summed E-state index contributed by atoms with van der Waals surface area (Å²) in [6.07, 6.45) is -0.748. The van der Waals surface area contributed by atoms with E-state index in [2.05, 4.69) is 27.0 Å². The first-order valence-corrected chi connectivity index (χ1v) is 6.53. The number of likely N-dealkylation sites (tertiary alicyclic amines) is 1. The molecule has 2 heterocycles. The second-order valence-electron chi connectivity index (χ2n) is 5.01. The van der Waals surface area contributed by atoms with Crippen LogP contribution in [0.1, 0.15) is 12.8 Å². The summed E-state index contributed by atoms with van der Waals surface area (Å²) in [6.45, 7) is 0.761. The van der Waals surface area contributed by atoms with Crippen molar-refractivity contribution in [3.8, 4) is 5.88 Å². The van der Waals surface area contributed by atoms with Gasteiger partial charge in [-0.1, -0.05) is 0 Å². The highest BCUT2D eigenvalue weighted by atomic mass is 19.4. The van der Waals surface area contributed by atoms with Gasteiger partial charge in [0.05, 0.1) is 11.9 Å². The fourth-order valence-corrected chi connectivity index (χ4v) is 2.10. The van der Waals surface area contributed by atoms with Crippen LogP contribution in [-0.4, -0.2) is 48.8 Å². The number of piperidine rings is 1. The van der Waals surface area contributed by atoms with E-state index >= 15 is 0 Å². The van der Waals surface area contributed by atoms with Crippen LogP contribution in [0.15, 0.2) is 18.3 Å². The normalized spacial score (nSPS) is 18.0. The fraction of sp³-hybridized carbons (Fsp3) is 0.615. The topological polar surface area (TPSA) is 37.4 Å². The molecular weight excluding hydrogens is 271 g/mol. The summed E-state index contributed by atoms with van der Waals surface area (Å²) >= 11 is 0. The number of pyridine rings is 1. The highest BCUT2D eigenvalue weighted by molar-refractivity contribution is 5.43. The van der Waals surface area contributed by atoms with Gasteiger partial charge >= 0.3 is 6.18 Å². The molecule has 0 spiro atoms. The van der Waals surface area contributed by atoms with Gasteiger partial charge in [0, 0.05) is 12.1 Å². The van der Waals surface area contributed by atoms with Crippen LogP contribution in [0, 0.1) is 0 Å². The summed E-state index contributed by atoms with van der Waals surface area (Å²) in [7, 11) is 2.09. The first kappa shape index (κ1) is 14.9. The summed E-state index contributed by atoms with van der Waals surface area (Å²) in [5.74, 6) is -0.0174. The molecule has 0 amide bonds. The third-order valence-corrected chi connectivity index (χ3v) is 3.21. The van der Waals surface area contributed by atoms with Gasteiger partial charge in [0.1, 0.15) is 0 Å². The van der Waals surface area contributed by atoms with E-state index in [0.29, 0.717) is 6.04 Å². The van der Waals surface area contributed by atoms with Crippen molar-refractivity contribution in [1.29, 1.82) is 0 Å². The maximum Gasteiger partial charge on any atom is 0.422 e. The Bertz CT molecular complexity index is 414. The molecule has 1 saturated heterocycles. The average Bonchev–Trinajstić information content (AvgIpc) is 2.40. The minimum Gasteiger partial charge on any atom is -0.468 e. The number of hydrogen-bond donors (Lipinski definition) is 1. The van der Waals surface area contributed by atoms with Gasteiger partial charge in [0.2, 0.25) is 5.88 Å². The zero-order chi connectivity index (χ0) is 14.6. The highest BCUT2D eigenvalue weighted by Crippen LogP contribution is 2.19. The lowest BCUT2D eigenvalue weighted by molar-refractivity contribution is -0.154. The van der Waals surface area contributed by atoms with Crippen molar-refractivity contribution >= 4 is 5.69 Å². The lowest BCUT2D eigenvalue weighted by Gasteiger charge is -2.30. The average molecular weight is 289 g/mol. The lowest BCUT2D eigenvalue weighted by Crippen LogP contribution is -2.36. The van der Waals surface area contributed by atoms with Crippen LogP contribution < -0.4 is 10.1 Å². The Morgan fingerprint density at radius 2 is 2.05 bits per heavy atom. The largest absolute Gasteiger partial charge is 0.468 e. The number of nitrogens with zero attached hydrogens (tertiary/aromatic N) is 2. The Labute approximate surface area is 115 Å². The van der Waals surface area contributed by atoms with Crippen LogP contribution in [-0.2, 0) is 0 Å². The number of hydrogen-bond acceptors (Lipinski definition) is 4. The smallest absolute Gasteiger partial charge is 0.422 e. The standard InChI is InChI=1S/C13H18F3N3O/c1-19-6-4-10(5-7-19)18-11-2-3-12(17-8-11)20-9-13(14,15)16/h2-3,8,10,18H,4-7,9H2,1H3. The fourth-order valence-electron chi connectivity index (χ4n) is 2.10. The summed E-state index contributed by atoms with van der Waals surface area (Å²) in [4.78, 5) is 6.14. The van der Waals surface area contributed by atoms with Crippen molar-refractivity contribution in [1.82, 2.24) is 9.88 Å². The molecule has 1 aromatic heterocycles. The van der Waals surface area contributed by atoms with Crippen LogP contribution in [0.3, 0.4) is 0 Å². The molecule has 1 aliphatic heterocycles. The van der Waals surface area contributed by atoms with Crippen molar-refractivity contribution in [2.45, 2.75) is 25.1 Å². The number of halogens is 3. The first-order valence-electron chi connectivity index (χ1n) is 6.53. The molecule has 0 aliphatic carbocycles. The van der Waals surface area contributed by atoms with Crippen LogP contribution >= 0.6 is 0 Å². The maximum absolute atomic E-state index is 12.0. The minimum atomic E-state index is -4.34. The predicted octanol–water partition coefficient (Wildman–Crippen LogP) is 2.53. The van der Waals surface area contributed by atoms with E-state index in [9.17, 15) is 13.2 Å². The number of anilines is 1. The Morgan fingerprint density at radius 3 is 2.60 bits per heavy atom. The molecule has 20 heavy (non-hydrogen) atoms. The molecule has 2 rings (SSSR count). The van der Waals surface area contributed by atoms with E-state index in [1.165, 1.54) is 12.3 Å². The second-order valence-corrected chi connectivity index (χ2v) is 5.01. The van der Waals surface area contributed by atoms with Gasteiger partial charge < -0.3 is 15.0 Å². The van der Waals surface area contributed by atoms with E-state index in [4.69, 9.17) is 0 Å². The number of nitrogens with one attached hydrogen (secondary N) is 1. The summed E-state index contributed by atoms with van der Waals surface area (Å²) in [6, 6.07) is 3.52. The van der Waals surface area contributed by atoms with Crippen molar-refractivity contribution in [2.24, 2.45) is 0 Å². The molecule has 1 aromatic rings. The van der Waals surface area contributed by atoms with E-state index in [1.807, 2.05) is 0 Å². The SMILES string of the molecule is CN1CCC(Nc2ccc(OCC(F)(F)F)nc2)CC1. The number of ether oxygens (including phenoxy) is 1. The van der Waals surface area contributed by atoms with Crippen molar-refractivity contribution < 1.29 is 17.9 Å². The Morgan fingerprint density at radius 1 is 1.35 bits per heavy atom. The Hall–Kier alpha value is -1.50. The molecule has 112 valence electrons. The van der Waals surface area contributed by atoms with Gasteiger partial charge in [-0.3, -0.25) is 0 Å². The third kappa shape index (κ3) is 4.88. The zero-order valence-electron chi connectivity index (χ0n) is 11.3.